The van der Waals surface area contributed by atoms with E-state index in [0.29, 0.717) is 33.3 Å². The summed E-state index contributed by atoms with van der Waals surface area (Å²) in [6, 6.07) is 13.5. The lowest BCUT2D eigenvalue weighted by Crippen LogP contribution is -1.96. The van der Waals surface area contributed by atoms with Crippen LogP contribution in [0, 0.1) is 22.7 Å². The predicted octanol–water partition coefficient (Wildman–Crippen LogP) is 4.09. The Kier molecular flexibility index (Phi) is 4.28. The summed E-state index contributed by atoms with van der Waals surface area (Å²) in [6.07, 6.45) is 1.34. The molecule has 0 aliphatic carbocycles. The summed E-state index contributed by atoms with van der Waals surface area (Å²) in [6.45, 7) is 0. The van der Waals surface area contributed by atoms with Gasteiger partial charge in [0.05, 0.1) is 10.7 Å². The van der Waals surface area contributed by atoms with E-state index in [1.54, 1.807) is 48.5 Å². The molecule has 0 saturated carbocycles. The molecule has 0 aliphatic rings. The quantitative estimate of drug-likeness (QED) is 0.567. The van der Waals surface area contributed by atoms with Crippen LogP contribution in [-0.4, -0.2) is 10.7 Å². The molecule has 1 aromatic heterocycles. The molecule has 0 unspecified atom stereocenters. The van der Waals surface area contributed by atoms with Crippen LogP contribution in [0.2, 0.25) is 5.02 Å². The number of nitrogens with one attached hydrogen (secondary N) is 1. The Bertz CT molecular complexity index is 997. The number of ether oxygens (including phenoxy) is 1. The molecule has 1 heterocycles. The number of aromatic nitrogens is 1. The van der Waals surface area contributed by atoms with E-state index in [0.717, 1.165) is 0 Å². The zero-order valence-corrected chi connectivity index (χ0v) is 12.8. The zero-order valence-electron chi connectivity index (χ0n) is 12.0. The standard InChI is InChI=1S/C16H8ClN5O2/c17-12-6-10(21-22-11(7-18)8-19)4-5-13(12)24-15-3-1-2-14-16(15)20-9-23-14/h1-6,9,21H. The van der Waals surface area contributed by atoms with Crippen LogP contribution >= 0.6 is 11.6 Å². The van der Waals surface area contributed by atoms with Crippen LogP contribution in [0.1, 0.15) is 0 Å². The number of hydrogen-bond donors (Lipinski definition) is 1. The van der Waals surface area contributed by atoms with Crippen LogP contribution in [0.5, 0.6) is 11.5 Å². The van der Waals surface area contributed by atoms with Gasteiger partial charge in [-0.05, 0) is 30.3 Å². The van der Waals surface area contributed by atoms with E-state index in [2.05, 4.69) is 15.5 Å². The SMILES string of the molecule is N#CC(C#N)=NNc1ccc(Oc2cccc3ocnc23)c(Cl)c1. The predicted molar refractivity (Wildman–Crippen MR) is 87.8 cm³/mol. The van der Waals surface area contributed by atoms with Crippen molar-refractivity contribution in [3.63, 3.8) is 0 Å². The maximum absolute atomic E-state index is 8.63. The van der Waals surface area contributed by atoms with Gasteiger partial charge in [-0.15, -0.1) is 0 Å². The van der Waals surface area contributed by atoms with Crippen molar-refractivity contribution in [2.24, 2.45) is 5.10 Å². The number of anilines is 1. The van der Waals surface area contributed by atoms with E-state index in [1.807, 2.05) is 0 Å². The first-order valence-electron chi connectivity index (χ1n) is 6.65. The molecule has 0 aliphatic heterocycles. The van der Waals surface area contributed by atoms with Gasteiger partial charge in [-0.1, -0.05) is 17.7 Å². The molecule has 0 spiro atoms. The van der Waals surface area contributed by atoms with Gasteiger partial charge >= 0.3 is 0 Å². The maximum Gasteiger partial charge on any atom is 0.237 e. The normalized spacial score (nSPS) is 9.79. The van der Waals surface area contributed by atoms with E-state index in [4.69, 9.17) is 31.3 Å². The number of benzene rings is 2. The van der Waals surface area contributed by atoms with Crippen LogP contribution in [0.25, 0.3) is 11.1 Å². The van der Waals surface area contributed by atoms with Crippen LogP contribution in [0.3, 0.4) is 0 Å². The fourth-order valence-electron chi connectivity index (χ4n) is 1.91. The first-order valence-corrected chi connectivity index (χ1v) is 7.02. The number of hydrogen-bond acceptors (Lipinski definition) is 7. The highest BCUT2D eigenvalue weighted by molar-refractivity contribution is 6.32. The number of oxazole rings is 1. The minimum atomic E-state index is -0.288. The summed E-state index contributed by atoms with van der Waals surface area (Å²) in [7, 11) is 0. The molecular weight excluding hydrogens is 330 g/mol. The molecule has 2 aromatic carbocycles. The Morgan fingerprint density at radius 3 is 2.79 bits per heavy atom. The number of halogens is 1. The minimum Gasteiger partial charge on any atom is -0.453 e. The topological polar surface area (TPSA) is 107 Å². The van der Waals surface area contributed by atoms with Gasteiger partial charge in [0.25, 0.3) is 0 Å². The van der Waals surface area contributed by atoms with E-state index in [-0.39, 0.29) is 5.71 Å². The van der Waals surface area contributed by atoms with Crippen LogP contribution in [0.4, 0.5) is 5.69 Å². The van der Waals surface area contributed by atoms with Crippen LogP contribution < -0.4 is 10.2 Å². The van der Waals surface area contributed by atoms with Gasteiger partial charge in [-0.2, -0.15) is 15.6 Å². The van der Waals surface area contributed by atoms with Crippen molar-refractivity contribution in [1.29, 1.82) is 10.5 Å². The Hall–Kier alpha value is -3.55. The van der Waals surface area contributed by atoms with E-state index in [1.165, 1.54) is 6.39 Å². The van der Waals surface area contributed by atoms with Gasteiger partial charge in [0, 0.05) is 0 Å². The van der Waals surface area contributed by atoms with Gasteiger partial charge in [0.15, 0.2) is 23.2 Å². The fraction of sp³-hybridized carbons (Fsp3) is 0. The number of hydrazone groups is 1. The van der Waals surface area contributed by atoms with Crippen molar-refractivity contribution < 1.29 is 9.15 Å². The molecule has 1 N–H and O–H groups in total. The molecule has 3 rings (SSSR count). The van der Waals surface area contributed by atoms with E-state index < -0.39 is 0 Å². The lowest BCUT2D eigenvalue weighted by molar-refractivity contribution is 0.487. The van der Waals surface area contributed by atoms with Crippen LogP contribution in [0.15, 0.2) is 52.3 Å². The molecule has 0 saturated heterocycles. The molecule has 0 atom stereocenters. The number of nitrogens with zero attached hydrogens (tertiary/aromatic N) is 4. The monoisotopic (exact) mass is 337 g/mol. The molecular formula is C16H8ClN5O2. The fourth-order valence-corrected chi connectivity index (χ4v) is 2.13. The second kappa shape index (κ2) is 6.69. The van der Waals surface area contributed by atoms with Crippen molar-refractivity contribution in [3.05, 3.63) is 47.8 Å². The van der Waals surface area contributed by atoms with Crippen molar-refractivity contribution in [3.8, 4) is 23.6 Å². The molecule has 7 nitrogen and oxygen atoms in total. The Balaban J connectivity index is 1.83. The van der Waals surface area contributed by atoms with Gasteiger partial charge in [0.2, 0.25) is 5.71 Å². The average Bonchev–Trinajstić information content (AvgIpc) is 3.08. The largest absolute Gasteiger partial charge is 0.453 e. The molecule has 0 fully saturated rings. The Labute approximate surface area is 141 Å². The number of rotatable bonds is 4. The summed E-state index contributed by atoms with van der Waals surface area (Å²) >= 11 is 6.20. The summed E-state index contributed by atoms with van der Waals surface area (Å²) in [5.74, 6) is 0.931. The third-order valence-corrected chi connectivity index (χ3v) is 3.28. The highest BCUT2D eigenvalue weighted by Gasteiger charge is 2.10. The van der Waals surface area contributed by atoms with E-state index in [9.17, 15) is 0 Å². The summed E-state index contributed by atoms with van der Waals surface area (Å²) in [5.41, 5.74) is 4.00. The lowest BCUT2D eigenvalue weighted by atomic mass is 10.3. The summed E-state index contributed by atoms with van der Waals surface area (Å²) < 4.78 is 11.0. The summed E-state index contributed by atoms with van der Waals surface area (Å²) in [4.78, 5) is 4.10. The van der Waals surface area contributed by atoms with Crippen LogP contribution in [-0.2, 0) is 0 Å². The van der Waals surface area contributed by atoms with Gasteiger partial charge in [-0.25, -0.2) is 4.98 Å². The zero-order chi connectivity index (χ0) is 16.9. The van der Waals surface area contributed by atoms with Crippen molar-refractivity contribution in [2.45, 2.75) is 0 Å². The molecule has 3 aromatic rings. The highest BCUT2D eigenvalue weighted by atomic mass is 35.5. The smallest absolute Gasteiger partial charge is 0.237 e. The van der Waals surface area contributed by atoms with Gasteiger partial charge < -0.3 is 9.15 Å². The molecule has 0 radical (unpaired) electrons. The Morgan fingerprint density at radius 1 is 1.21 bits per heavy atom. The molecule has 0 amide bonds. The second-order valence-electron chi connectivity index (χ2n) is 4.50. The van der Waals surface area contributed by atoms with Crippen molar-refractivity contribution in [2.75, 3.05) is 5.43 Å². The third-order valence-electron chi connectivity index (χ3n) is 2.98. The van der Waals surface area contributed by atoms with Gasteiger partial charge in [0.1, 0.15) is 17.9 Å². The maximum atomic E-state index is 8.63. The lowest BCUT2D eigenvalue weighted by Gasteiger charge is -2.09. The number of para-hydroxylation sites is 1. The van der Waals surface area contributed by atoms with E-state index >= 15 is 0 Å². The number of nitriles is 2. The highest BCUT2D eigenvalue weighted by Crippen LogP contribution is 2.34. The molecule has 116 valence electrons. The number of fused-ring (bicyclic) bond motifs is 1. The minimum absolute atomic E-state index is 0.288. The molecule has 24 heavy (non-hydrogen) atoms. The second-order valence-corrected chi connectivity index (χ2v) is 4.91. The Morgan fingerprint density at radius 2 is 2.04 bits per heavy atom. The molecule has 8 heteroatoms. The average molecular weight is 338 g/mol. The van der Waals surface area contributed by atoms with Crippen molar-refractivity contribution >= 4 is 34.1 Å². The third kappa shape index (κ3) is 3.12. The summed E-state index contributed by atoms with van der Waals surface area (Å²) in [5, 5.41) is 21.2. The first kappa shape index (κ1) is 15.3. The van der Waals surface area contributed by atoms with Gasteiger partial charge in [-0.3, -0.25) is 5.43 Å². The first-order chi connectivity index (χ1) is 11.7. The van der Waals surface area contributed by atoms with Crippen molar-refractivity contribution in [1.82, 2.24) is 4.98 Å². The molecule has 0 bridgehead atoms.